The molecule has 104 valence electrons. The molecule has 0 bridgehead atoms. The zero-order chi connectivity index (χ0) is 14.4. The first-order chi connectivity index (χ1) is 9.72. The van der Waals surface area contributed by atoms with Crippen LogP contribution in [0.5, 0.6) is 0 Å². The molecule has 1 aromatic heterocycles. The quantitative estimate of drug-likeness (QED) is 0.916. The average molecular weight is 271 g/mol. The number of hydrogen-bond acceptors (Lipinski definition) is 3. The first-order valence-corrected chi connectivity index (χ1v) is 6.64. The van der Waals surface area contributed by atoms with Gasteiger partial charge in [0.1, 0.15) is 5.83 Å². The maximum atomic E-state index is 13.0. The summed E-state index contributed by atoms with van der Waals surface area (Å²) in [7, 11) is 0. The van der Waals surface area contributed by atoms with E-state index in [0.29, 0.717) is 12.5 Å². The van der Waals surface area contributed by atoms with Crippen LogP contribution in [0.2, 0.25) is 0 Å². The largest absolute Gasteiger partial charge is 0.350 e. The Morgan fingerprint density at radius 2 is 2.15 bits per heavy atom. The van der Waals surface area contributed by atoms with Crippen LogP contribution >= 0.6 is 0 Å². The summed E-state index contributed by atoms with van der Waals surface area (Å²) in [5.41, 5.74) is 1.09. The molecule has 1 N–H and O–H groups in total. The number of rotatable bonds is 3. The minimum Gasteiger partial charge on any atom is -0.350 e. The molecule has 20 heavy (non-hydrogen) atoms. The standard InChI is InChI=1S/C16H18FN3/c1-3-13-11-19-16(20-15(13)4-2)18-10-12-6-5-7-14(17)9-8-12/h3-5,7-9,11H,6,10H2,1-2H3,(H,18,20)/b13-3-,15-4+. The molecule has 1 aromatic rings. The van der Waals surface area contributed by atoms with Crippen molar-refractivity contribution in [1.82, 2.24) is 9.97 Å². The summed E-state index contributed by atoms with van der Waals surface area (Å²) in [4.78, 5) is 8.71. The third kappa shape index (κ3) is 3.63. The van der Waals surface area contributed by atoms with Crippen LogP contribution in [0.25, 0.3) is 12.2 Å². The molecule has 3 nitrogen and oxygen atoms in total. The Morgan fingerprint density at radius 1 is 1.30 bits per heavy atom. The fourth-order valence-electron chi connectivity index (χ4n) is 1.91. The molecule has 0 spiro atoms. The zero-order valence-electron chi connectivity index (χ0n) is 11.7. The first kappa shape index (κ1) is 14.2. The number of anilines is 1. The highest BCUT2D eigenvalue weighted by Gasteiger charge is 2.01. The molecule has 0 saturated heterocycles. The first-order valence-electron chi connectivity index (χ1n) is 6.64. The Bertz CT molecular complexity index is 684. The molecule has 1 aliphatic carbocycles. The van der Waals surface area contributed by atoms with Gasteiger partial charge in [0.2, 0.25) is 5.95 Å². The van der Waals surface area contributed by atoms with Crippen molar-refractivity contribution in [1.29, 1.82) is 0 Å². The van der Waals surface area contributed by atoms with E-state index in [1.165, 1.54) is 12.2 Å². The lowest BCUT2D eigenvalue weighted by atomic mass is 10.2. The fraction of sp³-hybridized carbons (Fsp3) is 0.250. The van der Waals surface area contributed by atoms with Gasteiger partial charge in [-0.2, -0.15) is 0 Å². The minimum atomic E-state index is -0.220. The lowest BCUT2D eigenvalue weighted by Gasteiger charge is -2.06. The number of allylic oxidation sites excluding steroid dienone is 5. The van der Waals surface area contributed by atoms with E-state index < -0.39 is 0 Å². The van der Waals surface area contributed by atoms with Crippen LogP contribution in [0.15, 0.2) is 41.9 Å². The normalized spacial score (nSPS) is 16.8. The van der Waals surface area contributed by atoms with E-state index in [0.717, 1.165) is 22.6 Å². The molecule has 0 unspecified atom stereocenters. The molecule has 4 heteroatoms. The van der Waals surface area contributed by atoms with Crippen LogP contribution in [0.1, 0.15) is 20.3 Å². The van der Waals surface area contributed by atoms with Gasteiger partial charge in [0.25, 0.3) is 0 Å². The SMILES string of the molecule is C/C=c1/cnc(NCC2=CC=C(F)C=CC2)n/c1=C/C. The highest BCUT2D eigenvalue weighted by atomic mass is 19.1. The lowest BCUT2D eigenvalue weighted by molar-refractivity contribution is 0.667. The number of nitrogens with zero attached hydrogens (tertiary/aromatic N) is 2. The predicted molar refractivity (Wildman–Crippen MR) is 81.1 cm³/mol. The molecular formula is C16H18FN3. The summed E-state index contributed by atoms with van der Waals surface area (Å²) in [6.45, 7) is 4.51. The molecule has 0 aromatic carbocycles. The monoisotopic (exact) mass is 271 g/mol. The smallest absolute Gasteiger partial charge is 0.223 e. The Hall–Kier alpha value is -2.23. The van der Waals surface area contributed by atoms with Crippen LogP contribution < -0.4 is 15.9 Å². The van der Waals surface area contributed by atoms with Gasteiger partial charge in [0.05, 0.1) is 5.35 Å². The lowest BCUT2D eigenvalue weighted by Crippen LogP contribution is -2.29. The highest BCUT2D eigenvalue weighted by molar-refractivity contribution is 5.34. The van der Waals surface area contributed by atoms with Gasteiger partial charge in [0, 0.05) is 18.0 Å². The van der Waals surface area contributed by atoms with Crippen molar-refractivity contribution in [3.8, 4) is 0 Å². The van der Waals surface area contributed by atoms with Crippen molar-refractivity contribution in [2.45, 2.75) is 20.3 Å². The van der Waals surface area contributed by atoms with Crippen LogP contribution in [-0.2, 0) is 0 Å². The molecule has 0 radical (unpaired) electrons. The Labute approximate surface area is 118 Å². The predicted octanol–water partition coefficient (Wildman–Crippen LogP) is 2.23. The number of nitrogens with one attached hydrogen (secondary N) is 1. The number of aromatic nitrogens is 2. The fourth-order valence-corrected chi connectivity index (χ4v) is 1.91. The van der Waals surface area contributed by atoms with E-state index in [4.69, 9.17) is 0 Å². The van der Waals surface area contributed by atoms with Gasteiger partial charge in [-0.1, -0.05) is 24.3 Å². The van der Waals surface area contributed by atoms with Crippen molar-refractivity contribution in [3.63, 3.8) is 0 Å². The molecule has 0 fully saturated rings. The maximum Gasteiger partial charge on any atom is 0.223 e. The van der Waals surface area contributed by atoms with E-state index >= 15 is 0 Å². The van der Waals surface area contributed by atoms with Crippen molar-refractivity contribution in [2.75, 3.05) is 11.9 Å². The molecule has 0 atom stereocenters. The Morgan fingerprint density at radius 3 is 2.90 bits per heavy atom. The van der Waals surface area contributed by atoms with Crippen LogP contribution in [-0.4, -0.2) is 16.5 Å². The summed E-state index contributed by atoms with van der Waals surface area (Å²) in [5.74, 6) is 0.365. The summed E-state index contributed by atoms with van der Waals surface area (Å²) in [6.07, 6.45) is 13.0. The molecule has 1 aliphatic rings. The van der Waals surface area contributed by atoms with Crippen LogP contribution in [0.4, 0.5) is 10.3 Å². The second-order valence-electron chi connectivity index (χ2n) is 4.45. The topological polar surface area (TPSA) is 37.8 Å². The number of hydrogen-bond donors (Lipinski definition) is 1. The van der Waals surface area contributed by atoms with E-state index in [2.05, 4.69) is 15.3 Å². The van der Waals surface area contributed by atoms with E-state index in [9.17, 15) is 4.39 Å². The van der Waals surface area contributed by atoms with E-state index in [1.54, 1.807) is 12.3 Å². The van der Waals surface area contributed by atoms with Gasteiger partial charge in [0.15, 0.2) is 0 Å². The van der Waals surface area contributed by atoms with Gasteiger partial charge in [-0.25, -0.2) is 14.4 Å². The molecule has 0 amide bonds. The molecule has 1 heterocycles. The minimum absolute atomic E-state index is 0.220. The van der Waals surface area contributed by atoms with Crippen molar-refractivity contribution >= 4 is 18.1 Å². The highest BCUT2D eigenvalue weighted by Crippen LogP contribution is 2.12. The van der Waals surface area contributed by atoms with Crippen molar-refractivity contribution in [3.05, 3.63) is 52.5 Å². The van der Waals surface area contributed by atoms with Gasteiger partial charge in [-0.05, 0) is 38.0 Å². The second kappa shape index (κ2) is 6.80. The summed E-state index contributed by atoms with van der Waals surface area (Å²) < 4.78 is 13.0. The summed E-state index contributed by atoms with van der Waals surface area (Å²) in [6, 6.07) is 0. The van der Waals surface area contributed by atoms with Crippen molar-refractivity contribution < 1.29 is 4.39 Å². The second-order valence-corrected chi connectivity index (χ2v) is 4.45. The van der Waals surface area contributed by atoms with Gasteiger partial charge >= 0.3 is 0 Å². The summed E-state index contributed by atoms with van der Waals surface area (Å²) in [5, 5.41) is 5.09. The van der Waals surface area contributed by atoms with E-state index in [-0.39, 0.29) is 5.83 Å². The van der Waals surface area contributed by atoms with Gasteiger partial charge in [-0.15, -0.1) is 0 Å². The average Bonchev–Trinajstić information content (AvgIpc) is 2.69. The third-order valence-corrected chi connectivity index (χ3v) is 3.04. The Kier molecular flexibility index (Phi) is 4.82. The van der Waals surface area contributed by atoms with Gasteiger partial charge < -0.3 is 5.32 Å². The molecular weight excluding hydrogens is 253 g/mol. The van der Waals surface area contributed by atoms with E-state index in [1.807, 2.05) is 32.1 Å². The van der Waals surface area contributed by atoms with Crippen LogP contribution in [0, 0.1) is 0 Å². The Balaban J connectivity index is 2.11. The molecule has 2 rings (SSSR count). The van der Waals surface area contributed by atoms with Crippen LogP contribution in [0.3, 0.4) is 0 Å². The third-order valence-electron chi connectivity index (χ3n) is 3.04. The van der Waals surface area contributed by atoms with Crippen molar-refractivity contribution in [2.24, 2.45) is 0 Å². The van der Waals surface area contributed by atoms with Gasteiger partial charge in [-0.3, -0.25) is 0 Å². The molecule has 0 saturated carbocycles. The maximum absolute atomic E-state index is 13.0. The summed E-state index contributed by atoms with van der Waals surface area (Å²) >= 11 is 0. The number of halogens is 1. The zero-order valence-corrected chi connectivity index (χ0v) is 11.7. The molecule has 0 aliphatic heterocycles.